The van der Waals surface area contributed by atoms with Gasteiger partial charge in [0, 0.05) is 36.7 Å². The number of aliphatic hydroxyl groups is 3. The zero-order chi connectivity index (χ0) is 32.6. The smallest absolute Gasteiger partial charge is 0.407 e. The molecule has 1 aromatic carbocycles. The number of nitro benzene ring substituents is 1. The maximum atomic E-state index is 12.2. The monoisotopic (exact) mass is 640 g/mol. The number of nitro groups is 1. The molecule has 0 aromatic heterocycles. The van der Waals surface area contributed by atoms with Gasteiger partial charge in [0.2, 0.25) is 0 Å². The van der Waals surface area contributed by atoms with Crippen LogP contribution in [0.5, 0.6) is 0 Å². The largest absolute Gasteiger partial charge is 0.445 e. The highest BCUT2D eigenvalue weighted by atomic mass is 16.7. The van der Waals surface area contributed by atoms with Gasteiger partial charge in [0.15, 0.2) is 12.6 Å². The summed E-state index contributed by atoms with van der Waals surface area (Å²) in [7, 11) is 1.60. The number of aliphatic hydroxyl groups excluding tert-OH is 2. The molecule has 17 heteroatoms. The zero-order valence-electron chi connectivity index (χ0n) is 25.1. The van der Waals surface area contributed by atoms with E-state index < -0.39 is 77.8 Å². The zero-order valence-corrected chi connectivity index (χ0v) is 25.1. The summed E-state index contributed by atoms with van der Waals surface area (Å²) in [6.45, 7) is 1.67. The highest BCUT2D eigenvalue weighted by Crippen LogP contribution is 2.49. The molecule has 2 heterocycles. The Morgan fingerprint density at radius 1 is 1.07 bits per heavy atom. The standard InChI is InChI=1S/C28H44N6O11/c1-28(38)11-42-26(20(36)24(28)32-2)45-23-17(30)8-16(29)22(19(23)35)44-25-18(31)7-14-15(21(14)43-25)9-33-27(37)41-10-12-3-5-13(6-4-12)34(39)40/h3-6,14-26,32,35-36,38H,7-11,29-31H2,1-2H3,(H,33,37)/t14?,15?,16?,17?,18?,19?,20?,21-,22?,23?,24?,25?,26?,28?/m1/s1. The number of hydrogen-bond acceptors (Lipinski definition) is 15. The van der Waals surface area contributed by atoms with E-state index in [4.69, 9.17) is 40.9 Å². The molecule has 1 aromatic rings. The van der Waals surface area contributed by atoms with Crippen molar-refractivity contribution in [2.24, 2.45) is 29.0 Å². The molecule has 1 amide bonds. The van der Waals surface area contributed by atoms with Crippen LogP contribution in [0.4, 0.5) is 10.5 Å². The molecule has 45 heavy (non-hydrogen) atoms. The van der Waals surface area contributed by atoms with E-state index in [-0.39, 0.29) is 49.8 Å². The number of amides is 1. The van der Waals surface area contributed by atoms with Gasteiger partial charge in [-0.2, -0.15) is 0 Å². The van der Waals surface area contributed by atoms with Gasteiger partial charge in [0.1, 0.15) is 36.6 Å². The SMILES string of the molecule is CNC1C(O)C(OC2C(N)CC(N)C(OC3O[C@H]4C(CNC(=O)OCc5ccc([N+](=O)[O-])cc5)C4CC3N)C2O)OCC1(C)O. The number of hydrogen-bond donors (Lipinski definition) is 8. The van der Waals surface area contributed by atoms with Crippen molar-refractivity contribution in [3.8, 4) is 0 Å². The van der Waals surface area contributed by atoms with Crippen LogP contribution in [0.15, 0.2) is 24.3 Å². The third kappa shape index (κ3) is 7.39. The molecule has 2 saturated carbocycles. The first-order valence-corrected chi connectivity index (χ1v) is 15.0. The number of alkyl carbamates (subject to hydrolysis) is 1. The minimum absolute atomic E-state index is 0.0201. The lowest BCUT2D eigenvalue weighted by atomic mass is 9.84. The molecular formula is C28H44N6O11. The molecule has 0 bridgehead atoms. The Kier molecular flexibility index (Phi) is 10.3. The molecule has 0 spiro atoms. The highest BCUT2D eigenvalue weighted by molar-refractivity contribution is 5.67. The number of rotatable bonds is 10. The molecule has 4 fully saturated rings. The summed E-state index contributed by atoms with van der Waals surface area (Å²) in [4.78, 5) is 22.5. The summed E-state index contributed by atoms with van der Waals surface area (Å²) < 4.78 is 29.0. The van der Waals surface area contributed by atoms with Crippen molar-refractivity contribution in [2.75, 3.05) is 20.2 Å². The molecule has 2 saturated heterocycles. The normalized spacial score (nSPS) is 42.8. The first-order valence-electron chi connectivity index (χ1n) is 15.0. The number of non-ortho nitro benzene ring substituents is 1. The fourth-order valence-electron chi connectivity index (χ4n) is 6.63. The van der Waals surface area contributed by atoms with Gasteiger partial charge in [0.25, 0.3) is 5.69 Å². The van der Waals surface area contributed by atoms with Crippen molar-refractivity contribution in [2.45, 2.75) is 99.2 Å². The number of ether oxygens (including phenoxy) is 5. The summed E-state index contributed by atoms with van der Waals surface area (Å²) in [6, 6.07) is 3.10. The number of fused-ring (bicyclic) bond motifs is 1. The second-order valence-electron chi connectivity index (χ2n) is 12.6. The van der Waals surface area contributed by atoms with E-state index in [2.05, 4.69) is 10.6 Å². The molecule has 4 aliphatic rings. The molecular weight excluding hydrogens is 596 g/mol. The summed E-state index contributed by atoms with van der Waals surface area (Å²) >= 11 is 0. The van der Waals surface area contributed by atoms with E-state index in [0.717, 1.165) is 0 Å². The van der Waals surface area contributed by atoms with Gasteiger partial charge in [-0.1, -0.05) is 0 Å². The summed E-state index contributed by atoms with van der Waals surface area (Å²) in [5.41, 5.74) is 18.2. The number of nitrogens with two attached hydrogens (primary N) is 3. The van der Waals surface area contributed by atoms with Crippen LogP contribution < -0.4 is 27.8 Å². The summed E-state index contributed by atoms with van der Waals surface area (Å²) in [6.07, 6.45) is -6.61. The third-order valence-electron chi connectivity index (χ3n) is 9.22. The van der Waals surface area contributed by atoms with Crippen molar-refractivity contribution >= 4 is 11.8 Å². The van der Waals surface area contributed by atoms with Crippen molar-refractivity contribution in [3.63, 3.8) is 0 Å². The molecule has 14 atom stereocenters. The van der Waals surface area contributed by atoms with Gasteiger partial charge in [0.05, 0.1) is 29.7 Å². The first-order chi connectivity index (χ1) is 21.3. The number of benzene rings is 1. The van der Waals surface area contributed by atoms with Crippen LogP contribution in [0.2, 0.25) is 0 Å². The van der Waals surface area contributed by atoms with Crippen LogP contribution in [0.1, 0.15) is 25.3 Å². The van der Waals surface area contributed by atoms with Crippen LogP contribution >= 0.6 is 0 Å². The van der Waals surface area contributed by atoms with E-state index in [1.54, 1.807) is 7.05 Å². The van der Waals surface area contributed by atoms with Crippen LogP contribution in [-0.4, -0.2) is 119 Å². The summed E-state index contributed by atoms with van der Waals surface area (Å²) in [5.74, 6) is 0.0832. The van der Waals surface area contributed by atoms with Gasteiger partial charge in [-0.3, -0.25) is 10.1 Å². The lowest BCUT2D eigenvalue weighted by Gasteiger charge is -2.48. The lowest BCUT2D eigenvalue weighted by molar-refractivity contribution is -0.384. The molecule has 17 nitrogen and oxygen atoms in total. The summed E-state index contributed by atoms with van der Waals surface area (Å²) in [5, 5.41) is 49.0. The average molecular weight is 641 g/mol. The number of nitrogens with one attached hydrogen (secondary N) is 2. The average Bonchev–Trinajstić information content (AvgIpc) is 3.66. The van der Waals surface area contributed by atoms with E-state index >= 15 is 0 Å². The molecule has 0 radical (unpaired) electrons. The minimum Gasteiger partial charge on any atom is -0.445 e. The third-order valence-corrected chi connectivity index (χ3v) is 9.22. The van der Waals surface area contributed by atoms with E-state index in [0.29, 0.717) is 12.0 Å². The number of carbonyl (C=O) groups excluding carboxylic acids is 1. The van der Waals surface area contributed by atoms with Crippen LogP contribution in [0.3, 0.4) is 0 Å². The van der Waals surface area contributed by atoms with Gasteiger partial charge in [-0.25, -0.2) is 4.79 Å². The van der Waals surface area contributed by atoms with Crippen LogP contribution in [0, 0.1) is 22.0 Å². The topological polar surface area (TPSA) is 269 Å². The Morgan fingerprint density at radius 2 is 1.71 bits per heavy atom. The maximum absolute atomic E-state index is 12.2. The number of likely N-dealkylation sites (N-methyl/N-ethyl adjacent to an activating group) is 1. The second kappa shape index (κ2) is 13.7. The molecule has 11 N–H and O–H groups in total. The van der Waals surface area contributed by atoms with Gasteiger partial charge >= 0.3 is 6.09 Å². The van der Waals surface area contributed by atoms with Crippen LogP contribution in [-0.2, 0) is 30.3 Å². The van der Waals surface area contributed by atoms with Crippen molar-refractivity contribution in [3.05, 3.63) is 39.9 Å². The Bertz CT molecular complexity index is 1190. The fourth-order valence-corrected chi connectivity index (χ4v) is 6.63. The Hall–Kier alpha value is -2.55. The Morgan fingerprint density at radius 3 is 2.33 bits per heavy atom. The van der Waals surface area contributed by atoms with Gasteiger partial charge in [-0.05, 0) is 50.4 Å². The second-order valence-corrected chi connectivity index (χ2v) is 12.6. The maximum Gasteiger partial charge on any atom is 0.407 e. The number of carbonyl (C=O) groups is 1. The Labute approximate surface area is 259 Å². The highest BCUT2D eigenvalue weighted by Gasteiger charge is 2.58. The van der Waals surface area contributed by atoms with Crippen molar-refractivity contribution < 1.29 is 48.7 Å². The molecule has 2 aliphatic heterocycles. The van der Waals surface area contributed by atoms with E-state index in [9.17, 15) is 30.2 Å². The predicted octanol–water partition coefficient (Wildman–Crippen LogP) is -2.24. The lowest BCUT2D eigenvalue weighted by Crippen LogP contribution is -2.68. The Balaban J connectivity index is 1.10. The van der Waals surface area contributed by atoms with Gasteiger partial charge in [-0.15, -0.1) is 0 Å². The predicted molar refractivity (Wildman–Crippen MR) is 155 cm³/mol. The van der Waals surface area contributed by atoms with Crippen LogP contribution in [0.25, 0.3) is 0 Å². The minimum atomic E-state index is -1.34. The molecule has 5 rings (SSSR count). The van der Waals surface area contributed by atoms with Crippen molar-refractivity contribution in [1.29, 1.82) is 0 Å². The van der Waals surface area contributed by atoms with E-state index in [1.165, 1.54) is 31.2 Å². The molecule has 252 valence electrons. The molecule has 2 aliphatic carbocycles. The van der Waals surface area contributed by atoms with Gasteiger partial charge < -0.3 is 66.8 Å². The molecule has 13 unspecified atom stereocenters. The fraction of sp³-hybridized carbons (Fsp3) is 0.750. The quantitative estimate of drug-likeness (QED) is 0.0992. The van der Waals surface area contributed by atoms with E-state index in [1.807, 2.05) is 0 Å². The first kappa shape index (κ1) is 33.8. The van der Waals surface area contributed by atoms with Crippen molar-refractivity contribution in [1.82, 2.24) is 10.6 Å². The number of nitrogens with zero attached hydrogens (tertiary/aromatic N) is 1.